The van der Waals surface area contributed by atoms with Gasteiger partial charge in [0.25, 0.3) is 0 Å². The predicted molar refractivity (Wildman–Crippen MR) is 179 cm³/mol. The molecule has 242 valence electrons. The second kappa shape index (κ2) is 14.5. The summed E-state index contributed by atoms with van der Waals surface area (Å²) in [5.41, 5.74) is 7.73. The highest BCUT2D eigenvalue weighted by Crippen LogP contribution is 2.56. The van der Waals surface area contributed by atoms with E-state index in [1.165, 1.54) is 0 Å². The van der Waals surface area contributed by atoms with Gasteiger partial charge in [0.2, 0.25) is 0 Å². The van der Waals surface area contributed by atoms with Crippen molar-refractivity contribution in [2.45, 2.75) is 31.5 Å². The van der Waals surface area contributed by atoms with E-state index in [0.29, 0.717) is 11.5 Å². The standard InChI is InChI=1S/C39H38O8/c1-5-37(42)46-23-29(40)21-44-35-17-15-27(19-25(35)3)39(33-13-9-7-11-31(33)32-12-8-10-14-34(32)39)28-16-18-36(26(4)20-28)45-22-30(41)24-47-38(43)6-2/h5-20,29-30,40-41H,1-2,21-24H2,3-4H3. The van der Waals surface area contributed by atoms with Crippen molar-refractivity contribution < 1.29 is 38.7 Å². The lowest BCUT2D eigenvalue weighted by molar-refractivity contribution is -0.142. The lowest BCUT2D eigenvalue weighted by Gasteiger charge is -2.34. The highest BCUT2D eigenvalue weighted by atomic mass is 16.6. The molecule has 4 aromatic rings. The van der Waals surface area contributed by atoms with Crippen LogP contribution < -0.4 is 9.47 Å². The predicted octanol–water partition coefficient (Wildman–Crippen LogP) is 5.60. The van der Waals surface area contributed by atoms with Crippen LogP contribution in [0.3, 0.4) is 0 Å². The summed E-state index contributed by atoms with van der Waals surface area (Å²) in [4.78, 5) is 22.7. The number of aliphatic hydroxyl groups is 2. The van der Waals surface area contributed by atoms with Crippen LogP contribution in [-0.2, 0) is 24.5 Å². The number of rotatable bonds is 14. The van der Waals surface area contributed by atoms with E-state index in [1.54, 1.807) is 0 Å². The van der Waals surface area contributed by atoms with E-state index in [4.69, 9.17) is 18.9 Å². The molecule has 0 saturated heterocycles. The van der Waals surface area contributed by atoms with Crippen LogP contribution >= 0.6 is 0 Å². The summed E-state index contributed by atoms with van der Waals surface area (Å²) in [7, 11) is 0. The Balaban J connectivity index is 1.50. The normalized spacial score (nSPS) is 13.8. The number of carbonyl (C=O) groups is 2. The van der Waals surface area contributed by atoms with Crippen molar-refractivity contribution in [1.29, 1.82) is 0 Å². The average Bonchev–Trinajstić information content (AvgIpc) is 3.39. The van der Waals surface area contributed by atoms with E-state index in [9.17, 15) is 19.8 Å². The molecule has 0 saturated carbocycles. The van der Waals surface area contributed by atoms with E-state index in [1.807, 2.05) is 50.2 Å². The molecule has 5 rings (SSSR count). The first-order chi connectivity index (χ1) is 22.7. The zero-order valence-corrected chi connectivity index (χ0v) is 26.5. The summed E-state index contributed by atoms with van der Waals surface area (Å²) in [5.74, 6) is 0.00147. The molecular weight excluding hydrogens is 596 g/mol. The second-order valence-corrected chi connectivity index (χ2v) is 11.4. The maximum absolute atomic E-state index is 11.4. The Morgan fingerprint density at radius 1 is 0.660 bits per heavy atom. The largest absolute Gasteiger partial charge is 0.490 e. The van der Waals surface area contributed by atoms with Crippen LogP contribution in [0, 0.1) is 13.8 Å². The minimum absolute atomic E-state index is 0.0482. The van der Waals surface area contributed by atoms with Crippen LogP contribution in [0.4, 0.5) is 0 Å². The molecule has 2 N–H and O–H groups in total. The van der Waals surface area contributed by atoms with Crippen molar-refractivity contribution >= 4 is 11.9 Å². The lowest BCUT2D eigenvalue weighted by Crippen LogP contribution is -2.29. The van der Waals surface area contributed by atoms with Gasteiger partial charge in [0.1, 0.15) is 50.1 Å². The van der Waals surface area contributed by atoms with Gasteiger partial charge in [-0.3, -0.25) is 0 Å². The molecule has 0 amide bonds. The molecule has 2 atom stereocenters. The van der Waals surface area contributed by atoms with E-state index in [0.717, 1.165) is 56.7 Å². The quantitative estimate of drug-likeness (QED) is 0.120. The number of carbonyl (C=O) groups excluding carboxylic acids is 2. The van der Waals surface area contributed by atoms with Gasteiger partial charge in [0, 0.05) is 12.2 Å². The fraction of sp³-hybridized carbons (Fsp3) is 0.231. The SMILES string of the molecule is C=CC(=O)OCC(O)COc1ccc(C2(c3ccc(OCC(O)COC(=O)C=C)c(C)c3)c3ccccc3-c3ccccc32)cc1C. The molecule has 1 aliphatic carbocycles. The van der Waals surface area contributed by atoms with Gasteiger partial charge in [-0.2, -0.15) is 0 Å². The molecule has 1 aliphatic rings. The molecule has 0 aliphatic heterocycles. The van der Waals surface area contributed by atoms with Gasteiger partial charge in [-0.05, 0) is 70.5 Å². The number of aliphatic hydroxyl groups excluding tert-OH is 2. The summed E-state index contributed by atoms with van der Waals surface area (Å²) in [5, 5.41) is 20.5. The number of benzene rings is 4. The van der Waals surface area contributed by atoms with Gasteiger partial charge in [0.15, 0.2) is 0 Å². The van der Waals surface area contributed by atoms with E-state index in [-0.39, 0.29) is 26.4 Å². The van der Waals surface area contributed by atoms with Gasteiger partial charge in [-0.15, -0.1) is 0 Å². The molecule has 4 aromatic carbocycles. The van der Waals surface area contributed by atoms with Crippen LogP contribution in [0.2, 0.25) is 0 Å². The Hall–Kier alpha value is -5.18. The third-order valence-electron chi connectivity index (χ3n) is 8.20. The summed E-state index contributed by atoms with van der Waals surface area (Å²) >= 11 is 0. The van der Waals surface area contributed by atoms with Crippen LogP contribution in [0.1, 0.15) is 33.4 Å². The first-order valence-electron chi connectivity index (χ1n) is 15.3. The van der Waals surface area contributed by atoms with Gasteiger partial charge >= 0.3 is 11.9 Å². The zero-order valence-electron chi connectivity index (χ0n) is 26.5. The maximum Gasteiger partial charge on any atom is 0.330 e. The molecule has 0 heterocycles. The number of aryl methyl sites for hydroxylation is 2. The fourth-order valence-corrected chi connectivity index (χ4v) is 6.06. The third-order valence-corrected chi connectivity index (χ3v) is 8.20. The molecule has 47 heavy (non-hydrogen) atoms. The zero-order chi connectivity index (χ0) is 33.6. The molecule has 0 radical (unpaired) electrons. The molecule has 0 spiro atoms. The van der Waals surface area contributed by atoms with Crippen LogP contribution in [-0.4, -0.2) is 60.8 Å². The molecular formula is C39H38O8. The number of ether oxygens (including phenoxy) is 4. The number of hydrogen-bond donors (Lipinski definition) is 2. The minimum Gasteiger partial charge on any atom is -0.490 e. The molecule has 0 fully saturated rings. The Labute approximate surface area is 274 Å². The van der Waals surface area contributed by atoms with Crippen molar-refractivity contribution in [3.8, 4) is 22.6 Å². The molecule has 8 heteroatoms. The van der Waals surface area contributed by atoms with Gasteiger partial charge in [-0.25, -0.2) is 9.59 Å². The Kier molecular flexibility index (Phi) is 10.2. The maximum atomic E-state index is 11.4. The minimum atomic E-state index is -0.995. The Morgan fingerprint density at radius 2 is 1.06 bits per heavy atom. The fourth-order valence-electron chi connectivity index (χ4n) is 6.06. The van der Waals surface area contributed by atoms with Crippen molar-refractivity contribution in [2.75, 3.05) is 26.4 Å². The topological polar surface area (TPSA) is 112 Å². The van der Waals surface area contributed by atoms with Crippen LogP contribution in [0.15, 0.2) is 110 Å². The number of fused-ring (bicyclic) bond motifs is 3. The van der Waals surface area contributed by atoms with E-state index in [2.05, 4.69) is 61.7 Å². The highest BCUT2D eigenvalue weighted by molar-refractivity contribution is 5.86. The summed E-state index contributed by atoms with van der Waals surface area (Å²) in [6, 6.07) is 28.9. The van der Waals surface area contributed by atoms with Gasteiger partial charge < -0.3 is 29.2 Å². The van der Waals surface area contributed by atoms with Crippen LogP contribution in [0.5, 0.6) is 11.5 Å². The summed E-state index contributed by atoms with van der Waals surface area (Å²) in [6.45, 7) is 10.2. The van der Waals surface area contributed by atoms with Crippen molar-refractivity contribution in [3.63, 3.8) is 0 Å². The second-order valence-electron chi connectivity index (χ2n) is 11.4. The van der Waals surface area contributed by atoms with Crippen molar-refractivity contribution in [2.24, 2.45) is 0 Å². The third kappa shape index (κ3) is 6.84. The number of hydrogen-bond acceptors (Lipinski definition) is 8. The smallest absolute Gasteiger partial charge is 0.330 e. The Bertz CT molecular complexity index is 1660. The first-order valence-corrected chi connectivity index (χ1v) is 15.3. The monoisotopic (exact) mass is 634 g/mol. The molecule has 2 unspecified atom stereocenters. The first kappa shape index (κ1) is 33.2. The summed E-state index contributed by atoms with van der Waals surface area (Å²) in [6.07, 6.45) is 0.101. The average molecular weight is 635 g/mol. The lowest BCUT2D eigenvalue weighted by atomic mass is 9.67. The van der Waals surface area contributed by atoms with Crippen molar-refractivity contribution in [3.05, 3.63) is 144 Å². The number of esters is 2. The van der Waals surface area contributed by atoms with E-state index < -0.39 is 29.6 Å². The highest BCUT2D eigenvalue weighted by Gasteiger charge is 2.46. The summed E-state index contributed by atoms with van der Waals surface area (Å²) < 4.78 is 21.7. The van der Waals surface area contributed by atoms with E-state index >= 15 is 0 Å². The van der Waals surface area contributed by atoms with Gasteiger partial charge in [0.05, 0.1) is 5.41 Å². The molecule has 0 bridgehead atoms. The molecule has 8 nitrogen and oxygen atoms in total. The van der Waals surface area contributed by atoms with Crippen molar-refractivity contribution in [1.82, 2.24) is 0 Å². The molecule has 0 aromatic heterocycles. The van der Waals surface area contributed by atoms with Crippen LogP contribution in [0.25, 0.3) is 11.1 Å². The van der Waals surface area contributed by atoms with Gasteiger partial charge in [-0.1, -0.05) is 86.0 Å². The Morgan fingerprint density at radius 3 is 1.45 bits per heavy atom.